The number of pyridine rings is 1. The van der Waals surface area contributed by atoms with E-state index in [1.54, 1.807) is 22.6 Å². The predicted molar refractivity (Wildman–Crippen MR) is 42.0 cm³/mol. The lowest BCUT2D eigenvalue weighted by Crippen LogP contribution is -2.07. The summed E-state index contributed by atoms with van der Waals surface area (Å²) in [7, 11) is 0. The van der Waals surface area contributed by atoms with Gasteiger partial charge in [-0.25, -0.2) is 4.98 Å². The molecule has 0 unspecified atom stereocenters. The minimum atomic E-state index is -4.33. The Labute approximate surface area is 74.8 Å². The van der Waals surface area contributed by atoms with Crippen LogP contribution in [0, 0.1) is 3.70 Å². The van der Waals surface area contributed by atoms with E-state index in [1.165, 1.54) is 12.1 Å². The van der Waals surface area contributed by atoms with Gasteiger partial charge in [-0.1, -0.05) is 6.07 Å². The van der Waals surface area contributed by atoms with Crippen molar-refractivity contribution < 1.29 is 13.2 Å². The Morgan fingerprint density at radius 2 is 1.91 bits per heavy atom. The van der Waals surface area contributed by atoms with Crippen LogP contribution < -0.4 is 0 Å². The highest BCUT2D eigenvalue weighted by molar-refractivity contribution is 14.1. The van der Waals surface area contributed by atoms with Crippen LogP contribution in [0.2, 0.25) is 0 Å². The summed E-state index contributed by atoms with van der Waals surface area (Å²) < 4.78 is 36.1. The summed E-state index contributed by atoms with van der Waals surface area (Å²) in [5.74, 6) is 0. The molecule has 60 valence electrons. The second kappa shape index (κ2) is 2.96. The van der Waals surface area contributed by atoms with Gasteiger partial charge in [0, 0.05) is 0 Å². The average molecular weight is 273 g/mol. The van der Waals surface area contributed by atoms with Crippen molar-refractivity contribution in [3.05, 3.63) is 27.6 Å². The largest absolute Gasteiger partial charge is 0.433 e. The van der Waals surface area contributed by atoms with Gasteiger partial charge in [0.05, 0.1) is 0 Å². The van der Waals surface area contributed by atoms with E-state index in [-0.39, 0.29) is 0 Å². The lowest BCUT2D eigenvalue weighted by atomic mass is 10.3. The van der Waals surface area contributed by atoms with Crippen molar-refractivity contribution in [1.29, 1.82) is 0 Å². The van der Waals surface area contributed by atoms with E-state index >= 15 is 0 Å². The van der Waals surface area contributed by atoms with Crippen molar-refractivity contribution in [2.24, 2.45) is 0 Å². The first-order valence-corrected chi connectivity index (χ1v) is 3.78. The maximum absolute atomic E-state index is 11.9. The molecule has 1 rings (SSSR count). The van der Waals surface area contributed by atoms with Gasteiger partial charge in [0.25, 0.3) is 0 Å². The third-order valence-electron chi connectivity index (χ3n) is 1.01. The fraction of sp³-hybridized carbons (Fsp3) is 0.167. The number of halogens is 4. The minimum absolute atomic E-state index is 0.345. The molecule has 0 saturated carbocycles. The SMILES string of the molecule is FC(F)(F)c1cccc(I)n1. The van der Waals surface area contributed by atoms with Crippen LogP contribution in [0.25, 0.3) is 0 Å². The third-order valence-corrected chi connectivity index (χ3v) is 1.61. The molecule has 11 heavy (non-hydrogen) atoms. The second-order valence-corrected chi connectivity index (χ2v) is 2.95. The molecule has 0 aliphatic heterocycles. The van der Waals surface area contributed by atoms with Crippen molar-refractivity contribution in [2.75, 3.05) is 0 Å². The van der Waals surface area contributed by atoms with E-state index in [9.17, 15) is 13.2 Å². The summed E-state index contributed by atoms with van der Waals surface area (Å²) in [6.45, 7) is 0. The number of hydrogen-bond donors (Lipinski definition) is 0. The quantitative estimate of drug-likeness (QED) is 0.523. The molecule has 1 nitrogen and oxygen atoms in total. The van der Waals surface area contributed by atoms with Crippen molar-refractivity contribution in [1.82, 2.24) is 4.98 Å². The molecule has 0 atom stereocenters. The van der Waals surface area contributed by atoms with E-state index in [1.807, 2.05) is 0 Å². The van der Waals surface area contributed by atoms with E-state index in [4.69, 9.17) is 0 Å². The summed E-state index contributed by atoms with van der Waals surface area (Å²) >= 11 is 1.73. The second-order valence-electron chi connectivity index (χ2n) is 1.84. The normalized spacial score (nSPS) is 11.6. The molecule has 0 aliphatic carbocycles. The molecule has 1 aromatic rings. The molecule has 5 heteroatoms. The fourth-order valence-electron chi connectivity index (χ4n) is 0.566. The first kappa shape index (κ1) is 8.76. The Bertz CT molecular complexity index is 258. The van der Waals surface area contributed by atoms with Gasteiger partial charge >= 0.3 is 6.18 Å². The van der Waals surface area contributed by atoms with Gasteiger partial charge in [0.2, 0.25) is 0 Å². The topological polar surface area (TPSA) is 12.9 Å². The summed E-state index contributed by atoms with van der Waals surface area (Å²) in [6.07, 6.45) is -4.33. The van der Waals surface area contributed by atoms with E-state index in [0.29, 0.717) is 3.70 Å². The Kier molecular flexibility index (Phi) is 2.36. The van der Waals surface area contributed by atoms with Gasteiger partial charge in [-0.3, -0.25) is 0 Å². The molecule has 0 aromatic carbocycles. The smallest absolute Gasteiger partial charge is 0.237 e. The monoisotopic (exact) mass is 273 g/mol. The standard InChI is InChI=1S/C6H3F3IN/c7-6(8,9)4-2-1-3-5(10)11-4/h1-3H. The molecule has 1 heterocycles. The molecule has 0 radical (unpaired) electrons. The summed E-state index contributed by atoms with van der Waals surface area (Å²) in [5.41, 5.74) is -0.843. The van der Waals surface area contributed by atoms with Gasteiger partial charge in [0.15, 0.2) is 0 Å². The van der Waals surface area contributed by atoms with Crippen LogP contribution in [-0.2, 0) is 6.18 Å². The molecular formula is C6H3F3IN. The highest BCUT2D eigenvalue weighted by Crippen LogP contribution is 2.27. The Morgan fingerprint density at radius 1 is 1.27 bits per heavy atom. The fourth-order valence-corrected chi connectivity index (χ4v) is 1.03. The van der Waals surface area contributed by atoms with Gasteiger partial charge in [0.1, 0.15) is 9.39 Å². The van der Waals surface area contributed by atoms with Crippen LogP contribution >= 0.6 is 22.6 Å². The van der Waals surface area contributed by atoms with E-state index in [0.717, 1.165) is 6.07 Å². The molecule has 0 amide bonds. The maximum atomic E-state index is 11.9. The highest BCUT2D eigenvalue weighted by Gasteiger charge is 2.32. The van der Waals surface area contributed by atoms with Crippen molar-refractivity contribution in [3.63, 3.8) is 0 Å². The Morgan fingerprint density at radius 3 is 2.27 bits per heavy atom. The zero-order chi connectivity index (χ0) is 8.48. The van der Waals surface area contributed by atoms with Crippen LogP contribution in [0.3, 0.4) is 0 Å². The lowest BCUT2D eigenvalue weighted by molar-refractivity contribution is -0.141. The van der Waals surface area contributed by atoms with E-state index in [2.05, 4.69) is 4.98 Å². The van der Waals surface area contributed by atoms with Crippen molar-refractivity contribution >= 4 is 22.6 Å². The number of alkyl halides is 3. The summed E-state index contributed by atoms with van der Waals surface area (Å²) in [4.78, 5) is 3.31. The summed E-state index contributed by atoms with van der Waals surface area (Å²) in [6, 6.07) is 3.79. The first-order valence-electron chi connectivity index (χ1n) is 2.70. The van der Waals surface area contributed by atoms with Crippen molar-refractivity contribution in [2.45, 2.75) is 6.18 Å². The van der Waals surface area contributed by atoms with Gasteiger partial charge in [-0.15, -0.1) is 0 Å². The maximum Gasteiger partial charge on any atom is 0.433 e. The predicted octanol–water partition coefficient (Wildman–Crippen LogP) is 2.71. The number of hydrogen-bond acceptors (Lipinski definition) is 1. The average Bonchev–Trinajstić information content (AvgIpc) is 1.86. The number of rotatable bonds is 0. The van der Waals surface area contributed by atoms with Crippen LogP contribution in [0.5, 0.6) is 0 Å². The third kappa shape index (κ3) is 2.32. The molecular weight excluding hydrogens is 270 g/mol. The molecule has 0 spiro atoms. The zero-order valence-electron chi connectivity index (χ0n) is 5.19. The zero-order valence-corrected chi connectivity index (χ0v) is 7.35. The van der Waals surface area contributed by atoms with Crippen LogP contribution in [0.1, 0.15) is 5.69 Å². The van der Waals surface area contributed by atoms with Gasteiger partial charge in [-0.05, 0) is 34.7 Å². The lowest BCUT2D eigenvalue weighted by Gasteiger charge is -2.04. The van der Waals surface area contributed by atoms with E-state index < -0.39 is 11.9 Å². The summed E-state index contributed by atoms with van der Waals surface area (Å²) in [5, 5.41) is 0. The molecule has 0 fully saturated rings. The molecule has 0 aliphatic rings. The molecule has 0 N–H and O–H groups in total. The number of aromatic nitrogens is 1. The Hall–Kier alpha value is -0.330. The van der Waals surface area contributed by atoms with Gasteiger partial charge < -0.3 is 0 Å². The van der Waals surface area contributed by atoms with Crippen LogP contribution in [0.15, 0.2) is 18.2 Å². The molecule has 0 saturated heterocycles. The van der Waals surface area contributed by atoms with Crippen molar-refractivity contribution in [3.8, 4) is 0 Å². The van der Waals surface area contributed by atoms with Crippen LogP contribution in [-0.4, -0.2) is 4.98 Å². The van der Waals surface area contributed by atoms with Crippen LogP contribution in [0.4, 0.5) is 13.2 Å². The molecule has 1 aromatic heterocycles. The van der Waals surface area contributed by atoms with Gasteiger partial charge in [-0.2, -0.15) is 13.2 Å². The minimum Gasteiger partial charge on any atom is -0.237 e. The molecule has 0 bridgehead atoms. The number of nitrogens with zero attached hydrogens (tertiary/aromatic N) is 1. The highest BCUT2D eigenvalue weighted by atomic mass is 127. The first-order chi connectivity index (χ1) is 5.00. The Balaban J connectivity index is 3.06.